The van der Waals surface area contributed by atoms with Crippen molar-refractivity contribution in [1.29, 1.82) is 0 Å². The van der Waals surface area contributed by atoms with Gasteiger partial charge in [-0.1, -0.05) is 61.9 Å². The van der Waals surface area contributed by atoms with Crippen LogP contribution in [0.4, 0.5) is 0 Å². The summed E-state index contributed by atoms with van der Waals surface area (Å²) in [6.45, 7) is 4.36. The largest absolute Gasteiger partial charge is 0.463 e. The molecule has 0 saturated carbocycles. The molecule has 0 aliphatic heterocycles. The second kappa shape index (κ2) is 9.15. The van der Waals surface area contributed by atoms with Gasteiger partial charge in [-0.2, -0.15) is 0 Å². The summed E-state index contributed by atoms with van der Waals surface area (Å²) in [7, 11) is 0. The number of benzene rings is 1. The molecule has 0 atom stereocenters. The fourth-order valence-corrected chi connectivity index (χ4v) is 1.68. The molecule has 102 valence electrons. The third-order valence-electron chi connectivity index (χ3n) is 2.72. The molecule has 0 radical (unpaired) electrons. The maximum Gasteiger partial charge on any atom is 0.333 e. The molecule has 0 aromatic heterocycles. The quantitative estimate of drug-likeness (QED) is 0.412. The van der Waals surface area contributed by atoms with Gasteiger partial charge in [-0.05, 0) is 25.3 Å². The van der Waals surface area contributed by atoms with Gasteiger partial charge in [-0.25, -0.2) is 4.79 Å². The van der Waals surface area contributed by atoms with Gasteiger partial charge in [0.2, 0.25) is 0 Å². The maximum atomic E-state index is 11.8. The first-order valence-electron chi connectivity index (χ1n) is 6.87. The lowest BCUT2D eigenvalue weighted by Crippen LogP contribution is -2.07. The second-order valence-electron chi connectivity index (χ2n) is 4.29. The smallest absolute Gasteiger partial charge is 0.333 e. The minimum atomic E-state index is -0.200. The first-order valence-corrected chi connectivity index (χ1v) is 6.87. The van der Waals surface area contributed by atoms with E-state index >= 15 is 0 Å². The van der Waals surface area contributed by atoms with Crippen LogP contribution in [0.2, 0.25) is 0 Å². The molecule has 2 nitrogen and oxygen atoms in total. The second-order valence-corrected chi connectivity index (χ2v) is 4.29. The van der Waals surface area contributed by atoms with E-state index in [2.05, 4.69) is 6.92 Å². The van der Waals surface area contributed by atoms with E-state index in [1.54, 1.807) is 0 Å². The highest BCUT2D eigenvalue weighted by Crippen LogP contribution is 2.11. The van der Waals surface area contributed by atoms with E-state index in [1.165, 1.54) is 0 Å². The summed E-state index contributed by atoms with van der Waals surface area (Å²) in [5.74, 6) is -0.200. The molecule has 1 aromatic carbocycles. The molecule has 0 aliphatic rings. The zero-order valence-electron chi connectivity index (χ0n) is 11.8. The van der Waals surface area contributed by atoms with Crippen molar-refractivity contribution in [3.05, 3.63) is 53.6 Å². The predicted molar refractivity (Wildman–Crippen MR) is 79.7 cm³/mol. The van der Waals surface area contributed by atoms with Crippen LogP contribution in [-0.4, -0.2) is 12.6 Å². The molecule has 2 heteroatoms. The number of hydrogen-bond donors (Lipinski definition) is 0. The van der Waals surface area contributed by atoms with Gasteiger partial charge in [0.05, 0.1) is 6.61 Å². The summed E-state index contributed by atoms with van der Waals surface area (Å²) in [5.41, 5.74) is 1.87. The van der Waals surface area contributed by atoms with Crippen molar-refractivity contribution in [3.63, 3.8) is 0 Å². The van der Waals surface area contributed by atoms with Crippen molar-refractivity contribution in [2.75, 3.05) is 6.61 Å². The molecule has 0 N–H and O–H groups in total. The summed E-state index contributed by atoms with van der Waals surface area (Å²) >= 11 is 0. The van der Waals surface area contributed by atoms with Gasteiger partial charge in [0.1, 0.15) is 0 Å². The van der Waals surface area contributed by atoms with Crippen LogP contribution in [-0.2, 0) is 9.53 Å². The SMILES string of the molecule is CCCCC(=CC=Cc1ccccc1)C(=O)OCC. The van der Waals surface area contributed by atoms with Crippen LogP contribution in [0.25, 0.3) is 6.08 Å². The number of unbranched alkanes of at least 4 members (excludes halogenated alkanes) is 1. The van der Waals surface area contributed by atoms with Crippen LogP contribution >= 0.6 is 0 Å². The van der Waals surface area contributed by atoms with E-state index in [0.29, 0.717) is 6.61 Å². The molecule has 0 aliphatic carbocycles. The fraction of sp³-hybridized carbons (Fsp3) is 0.353. The molecule has 1 rings (SSSR count). The highest BCUT2D eigenvalue weighted by Gasteiger charge is 2.08. The number of ether oxygens (including phenoxy) is 1. The number of hydrogen-bond acceptors (Lipinski definition) is 2. The Kier molecular flexibility index (Phi) is 7.33. The Bertz CT molecular complexity index is 430. The molecule has 0 bridgehead atoms. The molecular weight excluding hydrogens is 236 g/mol. The summed E-state index contributed by atoms with van der Waals surface area (Å²) < 4.78 is 5.06. The van der Waals surface area contributed by atoms with E-state index in [1.807, 2.05) is 55.5 Å². The monoisotopic (exact) mass is 258 g/mol. The van der Waals surface area contributed by atoms with Crippen molar-refractivity contribution in [2.24, 2.45) is 0 Å². The molecule has 0 unspecified atom stereocenters. The lowest BCUT2D eigenvalue weighted by Gasteiger charge is -2.05. The number of rotatable bonds is 7. The lowest BCUT2D eigenvalue weighted by atomic mass is 10.1. The van der Waals surface area contributed by atoms with Crippen LogP contribution in [0.15, 0.2) is 48.1 Å². The number of esters is 1. The number of carbonyl (C=O) groups excluding carboxylic acids is 1. The van der Waals surface area contributed by atoms with E-state index < -0.39 is 0 Å². The zero-order valence-corrected chi connectivity index (χ0v) is 11.8. The first-order chi connectivity index (χ1) is 9.27. The Hall–Kier alpha value is -1.83. The van der Waals surface area contributed by atoms with Gasteiger partial charge in [0.15, 0.2) is 0 Å². The summed E-state index contributed by atoms with van der Waals surface area (Å²) in [4.78, 5) is 11.8. The number of carbonyl (C=O) groups is 1. The maximum absolute atomic E-state index is 11.8. The normalized spacial score (nSPS) is 11.8. The molecule has 0 spiro atoms. The number of allylic oxidation sites excluding steroid dienone is 2. The minimum Gasteiger partial charge on any atom is -0.463 e. The average molecular weight is 258 g/mol. The molecule has 0 amide bonds. The molecule has 0 saturated heterocycles. The molecule has 0 fully saturated rings. The Morgan fingerprint density at radius 1 is 1.21 bits per heavy atom. The van der Waals surface area contributed by atoms with Crippen LogP contribution in [0.3, 0.4) is 0 Å². The highest BCUT2D eigenvalue weighted by atomic mass is 16.5. The third kappa shape index (κ3) is 6.05. The van der Waals surface area contributed by atoms with Crippen molar-refractivity contribution in [1.82, 2.24) is 0 Å². The average Bonchev–Trinajstić information content (AvgIpc) is 2.44. The van der Waals surface area contributed by atoms with Gasteiger partial charge < -0.3 is 4.74 Å². The van der Waals surface area contributed by atoms with Gasteiger partial charge >= 0.3 is 5.97 Å². The molecule has 1 aromatic rings. The zero-order chi connectivity index (χ0) is 13.9. The Balaban J connectivity index is 2.70. The Labute approximate surface area is 115 Å². The standard InChI is InChI=1S/C17H22O2/c1-3-5-13-16(17(18)19-4-2)14-9-12-15-10-7-6-8-11-15/h6-12,14H,3-5,13H2,1-2H3. The van der Waals surface area contributed by atoms with E-state index in [-0.39, 0.29) is 5.97 Å². The predicted octanol–water partition coefficient (Wildman–Crippen LogP) is 4.38. The Morgan fingerprint density at radius 2 is 1.95 bits per heavy atom. The van der Waals surface area contributed by atoms with Gasteiger partial charge in [-0.3, -0.25) is 0 Å². The van der Waals surface area contributed by atoms with E-state index in [0.717, 1.165) is 30.4 Å². The topological polar surface area (TPSA) is 26.3 Å². The van der Waals surface area contributed by atoms with Crippen molar-refractivity contribution < 1.29 is 9.53 Å². The van der Waals surface area contributed by atoms with E-state index in [4.69, 9.17) is 4.74 Å². The summed E-state index contributed by atoms with van der Waals surface area (Å²) in [6.07, 6.45) is 8.61. The van der Waals surface area contributed by atoms with Gasteiger partial charge in [0, 0.05) is 5.57 Å². The van der Waals surface area contributed by atoms with Crippen molar-refractivity contribution >= 4 is 12.0 Å². The molecular formula is C17H22O2. The molecule has 19 heavy (non-hydrogen) atoms. The van der Waals surface area contributed by atoms with Crippen LogP contribution in [0.5, 0.6) is 0 Å². The first kappa shape index (κ1) is 15.2. The van der Waals surface area contributed by atoms with Crippen molar-refractivity contribution in [3.8, 4) is 0 Å². The van der Waals surface area contributed by atoms with Gasteiger partial charge in [-0.15, -0.1) is 0 Å². The summed E-state index contributed by atoms with van der Waals surface area (Å²) in [5, 5.41) is 0. The summed E-state index contributed by atoms with van der Waals surface area (Å²) in [6, 6.07) is 10.0. The highest BCUT2D eigenvalue weighted by molar-refractivity contribution is 5.88. The molecule has 0 heterocycles. The Morgan fingerprint density at radius 3 is 2.58 bits per heavy atom. The minimum absolute atomic E-state index is 0.200. The third-order valence-corrected chi connectivity index (χ3v) is 2.72. The van der Waals surface area contributed by atoms with Crippen molar-refractivity contribution in [2.45, 2.75) is 33.1 Å². The van der Waals surface area contributed by atoms with Crippen LogP contribution in [0, 0.1) is 0 Å². The van der Waals surface area contributed by atoms with Crippen LogP contribution in [0.1, 0.15) is 38.7 Å². The lowest BCUT2D eigenvalue weighted by molar-refractivity contribution is -0.138. The van der Waals surface area contributed by atoms with E-state index in [9.17, 15) is 4.79 Å². The van der Waals surface area contributed by atoms with Crippen LogP contribution < -0.4 is 0 Å². The fourth-order valence-electron chi connectivity index (χ4n) is 1.68. The van der Waals surface area contributed by atoms with Gasteiger partial charge in [0.25, 0.3) is 0 Å².